The van der Waals surface area contributed by atoms with Crippen molar-refractivity contribution in [1.82, 2.24) is 0 Å². The van der Waals surface area contributed by atoms with Crippen molar-refractivity contribution >= 4 is 22.4 Å². The van der Waals surface area contributed by atoms with Crippen molar-refractivity contribution in [3.8, 4) is 0 Å². The average Bonchev–Trinajstić information content (AvgIpc) is 2.67. The Morgan fingerprint density at radius 2 is 1.36 bits per heavy atom. The van der Waals surface area contributed by atoms with Gasteiger partial charge in [-0.3, -0.25) is 13.8 Å². The second-order valence-corrected chi connectivity index (χ2v) is 5.58. The predicted molar refractivity (Wildman–Crippen MR) is 51.0 cm³/mol. The van der Waals surface area contributed by atoms with Crippen molar-refractivity contribution in [2.24, 2.45) is 11.8 Å². The van der Waals surface area contributed by atoms with Gasteiger partial charge in [0.05, 0.1) is 22.3 Å². The Morgan fingerprint density at radius 1 is 0.929 bits per heavy atom. The van der Waals surface area contributed by atoms with Crippen LogP contribution >= 0.6 is 0 Å². The molecule has 0 aromatic heterocycles. The van der Waals surface area contributed by atoms with E-state index in [1.165, 1.54) is 12.2 Å². The summed E-state index contributed by atoms with van der Waals surface area (Å²) < 4.78 is 11.7. The van der Waals surface area contributed by atoms with Gasteiger partial charge in [0.25, 0.3) is 0 Å². The SMILES string of the molecule is O=C1C=CC(=O)C2C1C1C=CC2S1=O. The van der Waals surface area contributed by atoms with Gasteiger partial charge in [0.2, 0.25) is 0 Å². The summed E-state index contributed by atoms with van der Waals surface area (Å²) in [6.45, 7) is 0. The number of hydrogen-bond acceptors (Lipinski definition) is 3. The third-order valence-electron chi connectivity index (χ3n) is 3.19. The summed E-state index contributed by atoms with van der Waals surface area (Å²) in [5, 5.41) is -0.433. The Bertz CT molecular complexity index is 385. The van der Waals surface area contributed by atoms with E-state index >= 15 is 0 Å². The number of carbonyl (C=O) groups is 2. The highest BCUT2D eigenvalue weighted by Gasteiger charge is 2.56. The minimum atomic E-state index is -1.06. The first-order valence-electron chi connectivity index (χ1n) is 4.53. The molecule has 1 fully saturated rings. The highest BCUT2D eigenvalue weighted by molar-refractivity contribution is 7.87. The van der Waals surface area contributed by atoms with E-state index in [0.717, 1.165) is 0 Å². The molecule has 4 atom stereocenters. The van der Waals surface area contributed by atoms with E-state index < -0.39 is 10.8 Å². The normalized spacial score (nSPS) is 48.7. The number of hydrogen-bond donors (Lipinski definition) is 0. The molecule has 0 spiro atoms. The molecule has 2 bridgehead atoms. The van der Waals surface area contributed by atoms with Gasteiger partial charge in [-0.25, -0.2) is 0 Å². The zero-order valence-corrected chi connectivity index (χ0v) is 8.07. The molecular formula is C10H8O3S. The molecule has 2 heterocycles. The van der Waals surface area contributed by atoms with Gasteiger partial charge in [-0.15, -0.1) is 0 Å². The van der Waals surface area contributed by atoms with Gasteiger partial charge >= 0.3 is 0 Å². The van der Waals surface area contributed by atoms with E-state index in [1.54, 1.807) is 0 Å². The van der Waals surface area contributed by atoms with Gasteiger partial charge in [0, 0.05) is 10.8 Å². The smallest absolute Gasteiger partial charge is 0.161 e. The number of allylic oxidation sites excluding steroid dienone is 2. The maximum atomic E-state index is 11.7. The summed E-state index contributed by atoms with van der Waals surface area (Å²) in [7, 11) is -1.06. The molecule has 3 rings (SSSR count). The first-order valence-corrected chi connectivity index (χ1v) is 5.81. The van der Waals surface area contributed by atoms with Crippen molar-refractivity contribution in [3.63, 3.8) is 0 Å². The van der Waals surface area contributed by atoms with Crippen LogP contribution in [0.5, 0.6) is 0 Å². The molecule has 0 saturated carbocycles. The van der Waals surface area contributed by atoms with Gasteiger partial charge in [-0.05, 0) is 12.2 Å². The minimum Gasteiger partial charge on any atom is -0.294 e. The summed E-state index contributed by atoms with van der Waals surface area (Å²) in [5.74, 6) is -0.772. The second-order valence-electron chi connectivity index (χ2n) is 3.83. The van der Waals surface area contributed by atoms with Crippen LogP contribution in [0.4, 0.5) is 0 Å². The van der Waals surface area contributed by atoms with Gasteiger partial charge in [-0.1, -0.05) is 12.2 Å². The van der Waals surface area contributed by atoms with E-state index in [4.69, 9.17) is 0 Å². The third kappa shape index (κ3) is 0.798. The van der Waals surface area contributed by atoms with Gasteiger partial charge in [-0.2, -0.15) is 0 Å². The monoisotopic (exact) mass is 208 g/mol. The summed E-state index contributed by atoms with van der Waals surface area (Å²) in [4.78, 5) is 23.1. The van der Waals surface area contributed by atoms with Crippen LogP contribution in [0.25, 0.3) is 0 Å². The van der Waals surface area contributed by atoms with Gasteiger partial charge < -0.3 is 0 Å². The van der Waals surface area contributed by atoms with Crippen molar-refractivity contribution in [2.75, 3.05) is 0 Å². The van der Waals surface area contributed by atoms with Crippen LogP contribution in [0.2, 0.25) is 0 Å². The van der Waals surface area contributed by atoms with Crippen LogP contribution in [0.1, 0.15) is 0 Å². The van der Waals surface area contributed by atoms with Crippen LogP contribution in [0.3, 0.4) is 0 Å². The molecule has 3 aliphatic rings. The lowest BCUT2D eigenvalue weighted by Gasteiger charge is -2.24. The molecule has 0 radical (unpaired) electrons. The van der Waals surface area contributed by atoms with E-state index in [0.29, 0.717) is 0 Å². The average molecular weight is 208 g/mol. The summed E-state index contributed by atoms with van der Waals surface area (Å²) in [6.07, 6.45) is 6.31. The molecule has 14 heavy (non-hydrogen) atoms. The van der Waals surface area contributed by atoms with Crippen molar-refractivity contribution in [3.05, 3.63) is 24.3 Å². The van der Waals surface area contributed by atoms with Crippen LogP contribution in [0.15, 0.2) is 24.3 Å². The molecule has 4 heteroatoms. The second kappa shape index (κ2) is 2.51. The Kier molecular flexibility index (Phi) is 1.49. The molecule has 1 saturated heterocycles. The van der Waals surface area contributed by atoms with E-state index in [2.05, 4.69) is 0 Å². The molecule has 0 aromatic carbocycles. The summed E-state index contributed by atoms with van der Waals surface area (Å²) in [5.41, 5.74) is 0. The van der Waals surface area contributed by atoms with Crippen LogP contribution in [-0.4, -0.2) is 26.3 Å². The summed E-state index contributed by atoms with van der Waals surface area (Å²) in [6, 6.07) is 0. The third-order valence-corrected chi connectivity index (χ3v) is 5.16. The van der Waals surface area contributed by atoms with Gasteiger partial charge in [0.15, 0.2) is 11.6 Å². The van der Waals surface area contributed by atoms with Crippen LogP contribution < -0.4 is 0 Å². The number of carbonyl (C=O) groups excluding carboxylic acids is 2. The van der Waals surface area contributed by atoms with Gasteiger partial charge in [0.1, 0.15) is 0 Å². The van der Waals surface area contributed by atoms with Crippen molar-refractivity contribution in [1.29, 1.82) is 0 Å². The fourth-order valence-electron chi connectivity index (χ4n) is 2.56. The quantitative estimate of drug-likeness (QED) is 0.526. The molecule has 3 nitrogen and oxygen atoms in total. The Hall–Kier alpha value is -1.03. The lowest BCUT2D eigenvalue weighted by atomic mass is 9.75. The van der Waals surface area contributed by atoms with E-state index in [-0.39, 0.29) is 33.9 Å². The number of rotatable bonds is 0. The van der Waals surface area contributed by atoms with Crippen molar-refractivity contribution < 1.29 is 13.8 Å². The number of fused-ring (bicyclic) bond motifs is 5. The molecular weight excluding hydrogens is 200 g/mol. The Balaban J connectivity index is 2.15. The molecule has 2 aliphatic heterocycles. The fourth-order valence-corrected chi connectivity index (χ4v) is 4.60. The molecule has 0 aromatic rings. The lowest BCUT2D eigenvalue weighted by molar-refractivity contribution is -0.128. The molecule has 72 valence electrons. The first-order chi connectivity index (χ1) is 6.70. The molecule has 4 unspecified atom stereocenters. The molecule has 0 amide bonds. The Morgan fingerprint density at radius 3 is 1.79 bits per heavy atom. The zero-order chi connectivity index (χ0) is 9.87. The fraction of sp³-hybridized carbons (Fsp3) is 0.400. The lowest BCUT2D eigenvalue weighted by Crippen LogP contribution is -2.37. The van der Waals surface area contributed by atoms with E-state index in [9.17, 15) is 13.8 Å². The van der Waals surface area contributed by atoms with Crippen LogP contribution in [-0.2, 0) is 20.4 Å². The maximum absolute atomic E-state index is 11.7. The highest BCUT2D eigenvalue weighted by Crippen LogP contribution is 2.44. The summed E-state index contributed by atoms with van der Waals surface area (Å²) >= 11 is 0. The highest BCUT2D eigenvalue weighted by atomic mass is 32.2. The maximum Gasteiger partial charge on any atom is 0.161 e. The number of ketones is 2. The molecule has 0 N–H and O–H groups in total. The largest absolute Gasteiger partial charge is 0.294 e. The topological polar surface area (TPSA) is 51.2 Å². The minimum absolute atomic E-state index is 0.0419. The molecule has 1 aliphatic carbocycles. The van der Waals surface area contributed by atoms with Crippen LogP contribution in [0, 0.1) is 11.8 Å². The standard InChI is InChI=1S/C10H8O3S/c11-5-1-2-6(12)10-8-4-3-7(9(5)10)14(8)13/h1-4,7-10H. The zero-order valence-electron chi connectivity index (χ0n) is 7.25. The first kappa shape index (κ1) is 8.29. The predicted octanol–water partition coefficient (Wildman–Crippen LogP) is -0.00390. The Labute approximate surface area is 83.3 Å². The van der Waals surface area contributed by atoms with Crippen molar-refractivity contribution in [2.45, 2.75) is 10.5 Å². The van der Waals surface area contributed by atoms with E-state index in [1.807, 2.05) is 12.2 Å².